The number of amides is 1. The minimum Gasteiger partial charge on any atom is -0.352 e. The summed E-state index contributed by atoms with van der Waals surface area (Å²) in [7, 11) is 1.95. The van der Waals surface area contributed by atoms with Gasteiger partial charge >= 0.3 is 0 Å². The van der Waals surface area contributed by atoms with E-state index >= 15 is 0 Å². The van der Waals surface area contributed by atoms with Crippen molar-refractivity contribution in [3.63, 3.8) is 0 Å². The second kappa shape index (κ2) is 6.84. The van der Waals surface area contributed by atoms with Crippen molar-refractivity contribution in [3.05, 3.63) is 35.6 Å². The molecule has 0 saturated heterocycles. The van der Waals surface area contributed by atoms with Crippen LogP contribution in [0.2, 0.25) is 0 Å². The first-order chi connectivity index (χ1) is 9.61. The highest BCUT2D eigenvalue weighted by atomic mass is 19.1. The molecule has 1 atom stereocenters. The third kappa shape index (κ3) is 4.04. The zero-order valence-electron chi connectivity index (χ0n) is 12.2. The summed E-state index contributed by atoms with van der Waals surface area (Å²) in [6.45, 7) is 2.99. The third-order valence-corrected chi connectivity index (χ3v) is 3.66. The predicted molar refractivity (Wildman–Crippen MR) is 77.8 cm³/mol. The number of hydrogen-bond donors (Lipinski definition) is 1. The Morgan fingerprint density at radius 3 is 2.60 bits per heavy atom. The number of carbonyl (C=O) groups excluding carboxylic acids is 1. The zero-order chi connectivity index (χ0) is 14.5. The van der Waals surface area contributed by atoms with Crippen LogP contribution in [0.15, 0.2) is 24.3 Å². The van der Waals surface area contributed by atoms with Crippen LogP contribution >= 0.6 is 0 Å². The molecular formula is C16H23FN2O. The van der Waals surface area contributed by atoms with E-state index < -0.39 is 0 Å². The molecule has 1 aromatic carbocycles. The maximum absolute atomic E-state index is 13.1. The Morgan fingerprint density at radius 1 is 1.40 bits per heavy atom. The molecule has 0 heterocycles. The molecule has 0 radical (unpaired) electrons. The van der Waals surface area contributed by atoms with Gasteiger partial charge in [-0.2, -0.15) is 0 Å². The molecule has 1 unspecified atom stereocenters. The predicted octanol–water partition coefficient (Wildman–Crippen LogP) is 2.88. The Labute approximate surface area is 120 Å². The van der Waals surface area contributed by atoms with Gasteiger partial charge in [-0.1, -0.05) is 25.5 Å². The van der Waals surface area contributed by atoms with Crippen molar-refractivity contribution in [1.82, 2.24) is 10.2 Å². The fourth-order valence-electron chi connectivity index (χ4n) is 2.30. The van der Waals surface area contributed by atoms with Crippen LogP contribution in [0, 0.1) is 5.82 Å². The van der Waals surface area contributed by atoms with Gasteiger partial charge < -0.3 is 5.32 Å². The van der Waals surface area contributed by atoms with Crippen molar-refractivity contribution in [2.24, 2.45) is 0 Å². The number of hydrogen-bond acceptors (Lipinski definition) is 2. The molecule has 0 aliphatic heterocycles. The Hall–Kier alpha value is -1.42. The monoisotopic (exact) mass is 278 g/mol. The van der Waals surface area contributed by atoms with E-state index in [9.17, 15) is 9.18 Å². The summed E-state index contributed by atoms with van der Waals surface area (Å²) in [5, 5.41) is 3.05. The highest BCUT2D eigenvalue weighted by molar-refractivity contribution is 5.83. The smallest absolute Gasteiger partial charge is 0.242 e. The summed E-state index contributed by atoms with van der Waals surface area (Å²) in [5.74, 6) is -0.246. The van der Waals surface area contributed by atoms with Crippen LogP contribution in [0.1, 0.15) is 44.2 Å². The molecule has 1 N–H and O–H groups in total. The number of carbonyl (C=O) groups is 1. The van der Waals surface area contributed by atoms with Crippen LogP contribution in [0.5, 0.6) is 0 Å². The number of rotatable bonds is 7. The van der Waals surface area contributed by atoms with Crippen molar-refractivity contribution < 1.29 is 9.18 Å². The van der Waals surface area contributed by atoms with Gasteiger partial charge in [0.05, 0.1) is 0 Å². The molecule has 1 saturated carbocycles. The first-order valence-electron chi connectivity index (χ1n) is 7.38. The Kier molecular flexibility index (Phi) is 5.12. The molecule has 0 spiro atoms. The van der Waals surface area contributed by atoms with Crippen molar-refractivity contribution in [1.29, 1.82) is 0 Å². The molecule has 0 aromatic heterocycles. The van der Waals surface area contributed by atoms with Gasteiger partial charge in [-0.3, -0.25) is 9.69 Å². The second-order valence-corrected chi connectivity index (χ2v) is 5.57. The van der Waals surface area contributed by atoms with Crippen LogP contribution in [0.3, 0.4) is 0 Å². The third-order valence-electron chi connectivity index (χ3n) is 3.66. The van der Waals surface area contributed by atoms with E-state index in [0.29, 0.717) is 6.04 Å². The Balaban J connectivity index is 2.13. The summed E-state index contributed by atoms with van der Waals surface area (Å²) in [4.78, 5) is 14.5. The number of nitrogens with one attached hydrogen (secondary N) is 1. The van der Waals surface area contributed by atoms with Gasteiger partial charge in [0.15, 0.2) is 0 Å². The van der Waals surface area contributed by atoms with Crippen molar-refractivity contribution in [2.75, 3.05) is 13.6 Å². The van der Waals surface area contributed by atoms with E-state index in [2.05, 4.69) is 17.1 Å². The van der Waals surface area contributed by atoms with E-state index in [0.717, 1.165) is 37.8 Å². The minimum atomic E-state index is -0.331. The lowest BCUT2D eigenvalue weighted by Crippen LogP contribution is -2.40. The fourth-order valence-corrected chi connectivity index (χ4v) is 2.30. The van der Waals surface area contributed by atoms with Crippen LogP contribution in [0.25, 0.3) is 0 Å². The molecule has 110 valence electrons. The number of nitrogens with zero attached hydrogens (tertiary/aromatic N) is 1. The topological polar surface area (TPSA) is 32.3 Å². The summed E-state index contributed by atoms with van der Waals surface area (Å²) in [6, 6.07) is 6.25. The van der Waals surface area contributed by atoms with Crippen molar-refractivity contribution >= 4 is 5.91 Å². The summed E-state index contributed by atoms with van der Waals surface area (Å²) < 4.78 is 13.1. The minimum absolute atomic E-state index is 0.0257. The van der Waals surface area contributed by atoms with Crippen LogP contribution < -0.4 is 5.32 Å². The largest absolute Gasteiger partial charge is 0.352 e. The standard InChI is InChI=1S/C16H23FN2O/c1-3-4-11-19(2)15(16(20)18-14-9-10-14)12-5-7-13(17)8-6-12/h5-8,14-15H,3-4,9-11H2,1-2H3,(H,18,20). The van der Waals surface area contributed by atoms with Crippen molar-refractivity contribution in [2.45, 2.75) is 44.7 Å². The van der Waals surface area contributed by atoms with E-state index in [-0.39, 0.29) is 17.8 Å². The molecule has 1 fully saturated rings. The first kappa shape index (κ1) is 15.0. The van der Waals surface area contributed by atoms with Crippen molar-refractivity contribution in [3.8, 4) is 0 Å². The average Bonchev–Trinajstić information content (AvgIpc) is 3.23. The zero-order valence-corrected chi connectivity index (χ0v) is 12.2. The molecule has 4 heteroatoms. The summed E-state index contributed by atoms with van der Waals surface area (Å²) in [5.41, 5.74) is 0.850. The normalized spacial score (nSPS) is 16.2. The van der Waals surface area contributed by atoms with Gasteiger partial charge in [-0.25, -0.2) is 4.39 Å². The molecule has 0 bridgehead atoms. The average molecular weight is 278 g/mol. The first-order valence-corrected chi connectivity index (χ1v) is 7.38. The lowest BCUT2D eigenvalue weighted by molar-refractivity contribution is -0.126. The van der Waals surface area contributed by atoms with E-state index in [1.54, 1.807) is 12.1 Å². The van der Waals surface area contributed by atoms with Gasteiger partial charge in [0.1, 0.15) is 11.9 Å². The van der Waals surface area contributed by atoms with E-state index in [4.69, 9.17) is 0 Å². The second-order valence-electron chi connectivity index (χ2n) is 5.57. The Bertz CT molecular complexity index is 442. The fraction of sp³-hybridized carbons (Fsp3) is 0.562. The lowest BCUT2D eigenvalue weighted by Gasteiger charge is -2.27. The highest BCUT2D eigenvalue weighted by Gasteiger charge is 2.30. The SMILES string of the molecule is CCCCN(C)C(C(=O)NC1CC1)c1ccc(F)cc1. The van der Waals surface area contributed by atoms with Gasteiger partial charge in [-0.15, -0.1) is 0 Å². The molecule has 1 aromatic rings. The Morgan fingerprint density at radius 2 is 2.05 bits per heavy atom. The van der Waals surface area contributed by atoms with Crippen LogP contribution in [-0.2, 0) is 4.79 Å². The molecule has 1 amide bonds. The maximum atomic E-state index is 13.1. The number of benzene rings is 1. The number of halogens is 1. The van der Waals surface area contributed by atoms with E-state index in [1.165, 1.54) is 12.1 Å². The molecule has 1 aliphatic rings. The molecule has 1 aliphatic carbocycles. The number of unbranched alkanes of at least 4 members (excludes halogenated alkanes) is 1. The van der Waals surface area contributed by atoms with Gasteiger partial charge in [0.2, 0.25) is 5.91 Å². The van der Waals surface area contributed by atoms with Crippen LogP contribution in [-0.4, -0.2) is 30.4 Å². The summed E-state index contributed by atoms with van der Waals surface area (Å²) in [6.07, 6.45) is 4.27. The van der Waals surface area contributed by atoms with Crippen LogP contribution in [0.4, 0.5) is 4.39 Å². The van der Waals surface area contributed by atoms with Gasteiger partial charge in [-0.05, 0) is 50.6 Å². The van der Waals surface area contributed by atoms with Gasteiger partial charge in [0, 0.05) is 6.04 Å². The number of likely N-dealkylation sites (N-methyl/N-ethyl adjacent to an activating group) is 1. The summed E-state index contributed by atoms with van der Waals surface area (Å²) >= 11 is 0. The molecule has 20 heavy (non-hydrogen) atoms. The lowest BCUT2D eigenvalue weighted by atomic mass is 10.0. The molecule has 2 rings (SSSR count). The highest BCUT2D eigenvalue weighted by Crippen LogP contribution is 2.24. The van der Waals surface area contributed by atoms with E-state index in [1.807, 2.05) is 7.05 Å². The quantitative estimate of drug-likeness (QED) is 0.832. The molecular weight excluding hydrogens is 255 g/mol. The van der Waals surface area contributed by atoms with Gasteiger partial charge in [0.25, 0.3) is 0 Å². The maximum Gasteiger partial charge on any atom is 0.242 e. The molecule has 3 nitrogen and oxygen atoms in total.